The summed E-state index contributed by atoms with van der Waals surface area (Å²) >= 11 is 0. The number of nitrogens with two attached hydrogens (primary N) is 1. The molecule has 2 saturated heterocycles. The van der Waals surface area contributed by atoms with Crippen molar-refractivity contribution in [3.05, 3.63) is 0 Å². The van der Waals surface area contributed by atoms with Gasteiger partial charge in [0.25, 0.3) is 0 Å². The lowest BCUT2D eigenvalue weighted by atomic mass is 9.82. The predicted molar refractivity (Wildman–Crippen MR) is 72.5 cm³/mol. The van der Waals surface area contributed by atoms with E-state index in [1.54, 1.807) is 0 Å². The molecular formula is C14H28N2O2. The van der Waals surface area contributed by atoms with Crippen LogP contribution >= 0.6 is 0 Å². The summed E-state index contributed by atoms with van der Waals surface area (Å²) < 4.78 is 5.66. The number of aliphatic hydroxyl groups is 1. The Morgan fingerprint density at radius 1 is 1.39 bits per heavy atom. The van der Waals surface area contributed by atoms with E-state index in [2.05, 4.69) is 4.90 Å². The second-order valence-electron chi connectivity index (χ2n) is 5.99. The van der Waals surface area contributed by atoms with Crippen molar-refractivity contribution < 1.29 is 9.84 Å². The fourth-order valence-corrected chi connectivity index (χ4v) is 3.45. The van der Waals surface area contributed by atoms with E-state index in [1.165, 1.54) is 25.8 Å². The molecule has 4 nitrogen and oxygen atoms in total. The zero-order valence-electron chi connectivity index (χ0n) is 11.4. The van der Waals surface area contributed by atoms with Crippen LogP contribution in [-0.4, -0.2) is 55.5 Å². The third-order valence-electron chi connectivity index (χ3n) is 4.57. The number of rotatable bonds is 6. The van der Waals surface area contributed by atoms with Gasteiger partial charge in [0, 0.05) is 37.8 Å². The molecule has 0 amide bonds. The standard InChI is InChI=1S/C14H28N2O2/c15-10-14(6-3-9-18-12-14)11-16-7-1-4-13(16)5-2-8-17/h13,17H,1-12,15H2. The fraction of sp³-hybridized carbons (Fsp3) is 1.00. The van der Waals surface area contributed by atoms with Gasteiger partial charge in [0.15, 0.2) is 0 Å². The second-order valence-corrected chi connectivity index (χ2v) is 5.99. The van der Waals surface area contributed by atoms with Crippen molar-refractivity contribution in [1.82, 2.24) is 4.90 Å². The van der Waals surface area contributed by atoms with Crippen LogP contribution in [0.15, 0.2) is 0 Å². The topological polar surface area (TPSA) is 58.7 Å². The van der Waals surface area contributed by atoms with E-state index in [1.807, 2.05) is 0 Å². The number of aliphatic hydroxyl groups excluding tert-OH is 1. The first-order valence-corrected chi connectivity index (χ1v) is 7.42. The molecule has 2 unspecified atom stereocenters. The van der Waals surface area contributed by atoms with Crippen molar-refractivity contribution in [3.63, 3.8) is 0 Å². The first-order valence-electron chi connectivity index (χ1n) is 7.42. The van der Waals surface area contributed by atoms with Gasteiger partial charge in [-0.15, -0.1) is 0 Å². The number of nitrogens with zero attached hydrogens (tertiary/aromatic N) is 1. The lowest BCUT2D eigenvalue weighted by molar-refractivity contribution is -0.0244. The quantitative estimate of drug-likeness (QED) is 0.744. The molecule has 2 atom stereocenters. The molecule has 0 aromatic rings. The third-order valence-corrected chi connectivity index (χ3v) is 4.57. The van der Waals surface area contributed by atoms with E-state index in [0.717, 1.165) is 45.6 Å². The van der Waals surface area contributed by atoms with Crippen molar-refractivity contribution in [2.45, 2.75) is 44.6 Å². The maximum Gasteiger partial charge on any atom is 0.0546 e. The average Bonchev–Trinajstić information content (AvgIpc) is 2.84. The van der Waals surface area contributed by atoms with E-state index < -0.39 is 0 Å². The van der Waals surface area contributed by atoms with Crippen molar-refractivity contribution >= 4 is 0 Å². The zero-order valence-corrected chi connectivity index (χ0v) is 11.4. The Morgan fingerprint density at radius 2 is 2.28 bits per heavy atom. The van der Waals surface area contributed by atoms with Crippen molar-refractivity contribution in [2.24, 2.45) is 11.1 Å². The third kappa shape index (κ3) is 3.44. The van der Waals surface area contributed by atoms with Crippen molar-refractivity contribution in [2.75, 3.05) is 39.5 Å². The van der Waals surface area contributed by atoms with Gasteiger partial charge in [-0.2, -0.15) is 0 Å². The smallest absolute Gasteiger partial charge is 0.0546 e. The molecule has 0 bridgehead atoms. The Hall–Kier alpha value is -0.160. The van der Waals surface area contributed by atoms with Crippen LogP contribution in [0.5, 0.6) is 0 Å². The Morgan fingerprint density at radius 3 is 2.94 bits per heavy atom. The molecule has 0 aromatic carbocycles. The Balaban J connectivity index is 1.89. The summed E-state index contributed by atoms with van der Waals surface area (Å²) in [6.07, 6.45) is 6.96. The number of hydrogen-bond acceptors (Lipinski definition) is 4. The van der Waals surface area contributed by atoms with Crippen molar-refractivity contribution in [1.29, 1.82) is 0 Å². The van der Waals surface area contributed by atoms with Gasteiger partial charge in [-0.1, -0.05) is 0 Å². The van der Waals surface area contributed by atoms with Crippen LogP contribution in [0.25, 0.3) is 0 Å². The molecule has 2 heterocycles. The largest absolute Gasteiger partial charge is 0.396 e. The first kappa shape index (κ1) is 14.3. The normalized spacial score (nSPS) is 34.0. The van der Waals surface area contributed by atoms with Gasteiger partial charge in [-0.25, -0.2) is 0 Å². The molecule has 0 aliphatic carbocycles. The zero-order chi connectivity index (χ0) is 12.8. The maximum atomic E-state index is 8.97. The monoisotopic (exact) mass is 256 g/mol. The van der Waals surface area contributed by atoms with E-state index in [0.29, 0.717) is 12.6 Å². The highest BCUT2D eigenvalue weighted by Gasteiger charge is 2.36. The summed E-state index contributed by atoms with van der Waals surface area (Å²) in [5.41, 5.74) is 6.20. The summed E-state index contributed by atoms with van der Waals surface area (Å²) in [4.78, 5) is 2.59. The summed E-state index contributed by atoms with van der Waals surface area (Å²) in [5, 5.41) is 8.97. The maximum absolute atomic E-state index is 8.97. The molecule has 0 spiro atoms. The van der Waals surface area contributed by atoms with Gasteiger partial charge in [0.05, 0.1) is 6.61 Å². The molecule has 0 radical (unpaired) electrons. The Bertz CT molecular complexity index is 242. The van der Waals surface area contributed by atoms with E-state index >= 15 is 0 Å². The molecule has 0 saturated carbocycles. The summed E-state index contributed by atoms with van der Waals surface area (Å²) in [6, 6.07) is 0.655. The van der Waals surface area contributed by atoms with Crippen LogP contribution < -0.4 is 5.73 Å². The lowest BCUT2D eigenvalue weighted by Crippen LogP contribution is -2.49. The van der Waals surface area contributed by atoms with Gasteiger partial charge >= 0.3 is 0 Å². The highest BCUT2D eigenvalue weighted by atomic mass is 16.5. The average molecular weight is 256 g/mol. The molecule has 3 N–H and O–H groups in total. The van der Waals surface area contributed by atoms with Gasteiger partial charge < -0.3 is 15.6 Å². The summed E-state index contributed by atoms with van der Waals surface area (Å²) in [6.45, 7) is 5.05. The molecule has 18 heavy (non-hydrogen) atoms. The number of ether oxygens (including phenoxy) is 1. The van der Waals surface area contributed by atoms with Crippen LogP contribution in [0.3, 0.4) is 0 Å². The van der Waals surface area contributed by atoms with Gasteiger partial charge in [-0.05, 0) is 45.1 Å². The lowest BCUT2D eigenvalue weighted by Gasteiger charge is -2.40. The van der Waals surface area contributed by atoms with Crippen LogP contribution in [-0.2, 0) is 4.74 Å². The molecule has 4 heteroatoms. The minimum absolute atomic E-state index is 0.181. The van der Waals surface area contributed by atoms with Crippen LogP contribution in [0.4, 0.5) is 0 Å². The van der Waals surface area contributed by atoms with Gasteiger partial charge in [0.2, 0.25) is 0 Å². The second kappa shape index (κ2) is 6.85. The highest BCUT2D eigenvalue weighted by Crippen LogP contribution is 2.32. The fourth-order valence-electron chi connectivity index (χ4n) is 3.45. The highest BCUT2D eigenvalue weighted by molar-refractivity contribution is 4.90. The molecular weight excluding hydrogens is 228 g/mol. The Labute approximate surface area is 110 Å². The van der Waals surface area contributed by atoms with E-state index in [4.69, 9.17) is 15.6 Å². The van der Waals surface area contributed by atoms with Gasteiger partial charge in [0.1, 0.15) is 0 Å². The van der Waals surface area contributed by atoms with Crippen LogP contribution in [0.2, 0.25) is 0 Å². The van der Waals surface area contributed by atoms with Crippen LogP contribution in [0.1, 0.15) is 38.5 Å². The molecule has 0 aromatic heterocycles. The SMILES string of the molecule is NCC1(CN2CCCC2CCCO)CCCOC1. The molecule has 2 fully saturated rings. The van der Waals surface area contributed by atoms with E-state index in [9.17, 15) is 0 Å². The summed E-state index contributed by atoms with van der Waals surface area (Å²) in [7, 11) is 0. The van der Waals surface area contributed by atoms with E-state index in [-0.39, 0.29) is 5.41 Å². The number of hydrogen-bond donors (Lipinski definition) is 2. The predicted octanol–water partition coefficient (Wildman–Crippen LogP) is 0.979. The molecule has 2 rings (SSSR count). The Kier molecular flexibility index (Phi) is 5.42. The van der Waals surface area contributed by atoms with Crippen molar-refractivity contribution in [3.8, 4) is 0 Å². The molecule has 2 aliphatic rings. The minimum Gasteiger partial charge on any atom is -0.396 e. The summed E-state index contributed by atoms with van der Waals surface area (Å²) in [5.74, 6) is 0. The first-order chi connectivity index (χ1) is 8.79. The molecule has 2 aliphatic heterocycles. The minimum atomic E-state index is 0.181. The van der Waals surface area contributed by atoms with Gasteiger partial charge in [-0.3, -0.25) is 4.90 Å². The number of likely N-dealkylation sites (tertiary alicyclic amines) is 1. The molecule has 106 valence electrons. The van der Waals surface area contributed by atoms with Crippen LogP contribution in [0, 0.1) is 5.41 Å².